The zero-order valence-electron chi connectivity index (χ0n) is 9.71. The molecule has 90 valence electrons. The van der Waals surface area contributed by atoms with Gasteiger partial charge in [-0.15, -0.1) is 0 Å². The van der Waals surface area contributed by atoms with Crippen LogP contribution in [0.1, 0.15) is 31.4 Å². The van der Waals surface area contributed by atoms with Crippen molar-refractivity contribution in [2.45, 2.75) is 37.3 Å². The van der Waals surface area contributed by atoms with Gasteiger partial charge in [0.1, 0.15) is 5.65 Å². The maximum absolute atomic E-state index is 9.55. The number of hydrogen-bond acceptors (Lipinski definition) is 3. The molecule has 0 atom stereocenters. The number of pyridine rings is 1. The van der Waals surface area contributed by atoms with Crippen LogP contribution < -0.4 is 5.73 Å². The number of imidazole rings is 1. The van der Waals surface area contributed by atoms with Gasteiger partial charge in [-0.25, -0.2) is 4.98 Å². The van der Waals surface area contributed by atoms with Gasteiger partial charge in [0.2, 0.25) is 0 Å². The fourth-order valence-electron chi connectivity index (χ4n) is 2.55. The zero-order valence-corrected chi connectivity index (χ0v) is 9.71. The van der Waals surface area contributed by atoms with Gasteiger partial charge < -0.3 is 15.2 Å². The molecule has 0 aliphatic heterocycles. The third-order valence-electron chi connectivity index (χ3n) is 3.72. The lowest BCUT2D eigenvalue weighted by molar-refractivity contribution is 0.0958. The van der Waals surface area contributed by atoms with Gasteiger partial charge in [0, 0.05) is 12.4 Å². The molecule has 4 nitrogen and oxygen atoms in total. The minimum absolute atomic E-state index is 0.191. The molecule has 2 aromatic rings. The van der Waals surface area contributed by atoms with E-state index in [-0.39, 0.29) is 11.6 Å². The topological polar surface area (TPSA) is 63.5 Å². The predicted octanol–water partition coefficient (Wildman–Crippen LogP) is 1.42. The largest absolute Gasteiger partial charge is 0.393 e. The first-order valence-electron chi connectivity index (χ1n) is 6.09. The van der Waals surface area contributed by atoms with Gasteiger partial charge in [-0.2, -0.15) is 0 Å². The highest BCUT2D eigenvalue weighted by Crippen LogP contribution is 2.34. The first-order valence-corrected chi connectivity index (χ1v) is 6.09. The van der Waals surface area contributed by atoms with Crippen LogP contribution in [-0.2, 0) is 5.54 Å². The quantitative estimate of drug-likeness (QED) is 0.780. The summed E-state index contributed by atoms with van der Waals surface area (Å²) in [5.74, 6) is 0. The van der Waals surface area contributed by atoms with Crippen molar-refractivity contribution in [2.24, 2.45) is 5.73 Å². The maximum Gasteiger partial charge on any atom is 0.137 e. The molecule has 3 rings (SSSR count). The fourth-order valence-corrected chi connectivity index (χ4v) is 2.55. The van der Waals surface area contributed by atoms with E-state index < -0.39 is 0 Å². The summed E-state index contributed by atoms with van der Waals surface area (Å²) >= 11 is 0. The smallest absolute Gasteiger partial charge is 0.137 e. The zero-order chi connectivity index (χ0) is 11.9. The van der Waals surface area contributed by atoms with Crippen LogP contribution in [0.3, 0.4) is 0 Å². The molecule has 3 N–H and O–H groups in total. The van der Waals surface area contributed by atoms with Crippen molar-refractivity contribution in [1.82, 2.24) is 9.38 Å². The molecule has 1 fully saturated rings. The third kappa shape index (κ3) is 1.83. The first kappa shape index (κ1) is 10.7. The Bertz CT molecular complexity index is 493. The molecular weight excluding hydrogens is 214 g/mol. The Kier molecular flexibility index (Phi) is 2.42. The minimum atomic E-state index is -0.370. The van der Waals surface area contributed by atoms with Gasteiger partial charge in [0.15, 0.2) is 0 Å². The van der Waals surface area contributed by atoms with Gasteiger partial charge in [0.05, 0.1) is 17.3 Å². The van der Waals surface area contributed by atoms with E-state index in [0.717, 1.165) is 37.0 Å². The number of aliphatic hydroxyl groups excluding tert-OH is 1. The Morgan fingerprint density at radius 2 is 2.12 bits per heavy atom. The van der Waals surface area contributed by atoms with Crippen LogP contribution in [-0.4, -0.2) is 20.6 Å². The molecule has 2 heterocycles. The van der Waals surface area contributed by atoms with Crippen LogP contribution in [0, 0.1) is 0 Å². The summed E-state index contributed by atoms with van der Waals surface area (Å²) in [7, 11) is 0. The summed E-state index contributed by atoms with van der Waals surface area (Å²) in [6.45, 7) is 0. The van der Waals surface area contributed by atoms with Gasteiger partial charge in [0.25, 0.3) is 0 Å². The van der Waals surface area contributed by atoms with Gasteiger partial charge in [-0.3, -0.25) is 0 Å². The molecule has 0 radical (unpaired) electrons. The average molecular weight is 231 g/mol. The Balaban J connectivity index is 1.97. The van der Waals surface area contributed by atoms with E-state index in [0.29, 0.717) is 0 Å². The molecule has 0 saturated heterocycles. The summed E-state index contributed by atoms with van der Waals surface area (Å²) in [6.07, 6.45) is 6.94. The Labute approximate surface area is 100 Å². The lowest BCUT2D eigenvalue weighted by Crippen LogP contribution is -2.41. The van der Waals surface area contributed by atoms with E-state index >= 15 is 0 Å². The molecule has 0 bridgehead atoms. The predicted molar refractivity (Wildman–Crippen MR) is 65.5 cm³/mol. The second-order valence-corrected chi connectivity index (χ2v) is 4.98. The molecule has 17 heavy (non-hydrogen) atoms. The highest BCUT2D eigenvalue weighted by Gasteiger charge is 2.34. The molecule has 1 saturated carbocycles. The van der Waals surface area contributed by atoms with E-state index in [1.54, 1.807) is 0 Å². The highest BCUT2D eigenvalue weighted by molar-refractivity contribution is 5.41. The van der Waals surface area contributed by atoms with Crippen LogP contribution in [0.5, 0.6) is 0 Å². The van der Waals surface area contributed by atoms with Crippen LogP contribution in [0.4, 0.5) is 0 Å². The summed E-state index contributed by atoms with van der Waals surface area (Å²) in [6, 6.07) is 5.93. The van der Waals surface area contributed by atoms with Crippen LogP contribution in [0.2, 0.25) is 0 Å². The lowest BCUT2D eigenvalue weighted by atomic mass is 9.79. The van der Waals surface area contributed by atoms with Crippen LogP contribution in [0.15, 0.2) is 30.6 Å². The van der Waals surface area contributed by atoms with E-state index in [1.807, 2.05) is 35.0 Å². The standard InChI is InChI=1S/C13H17N3O/c14-13(6-4-10(17)5-7-13)11-9-16-8-2-1-3-12(16)15-11/h1-3,8-10,17H,4-7,14H2. The molecular formula is C13H17N3O. The monoisotopic (exact) mass is 231 g/mol. The third-order valence-corrected chi connectivity index (χ3v) is 3.72. The molecule has 2 aromatic heterocycles. The van der Waals surface area contributed by atoms with E-state index in [1.165, 1.54) is 0 Å². The number of nitrogens with two attached hydrogens (primary N) is 1. The van der Waals surface area contributed by atoms with E-state index in [4.69, 9.17) is 5.73 Å². The normalized spacial score (nSPS) is 29.6. The van der Waals surface area contributed by atoms with Crippen molar-refractivity contribution in [3.8, 4) is 0 Å². The maximum atomic E-state index is 9.55. The number of aromatic nitrogens is 2. The second kappa shape index (κ2) is 3.82. The van der Waals surface area contributed by atoms with Crippen molar-refractivity contribution in [3.05, 3.63) is 36.3 Å². The number of aliphatic hydroxyl groups is 1. The Morgan fingerprint density at radius 3 is 2.82 bits per heavy atom. The van der Waals surface area contributed by atoms with Crippen molar-refractivity contribution in [3.63, 3.8) is 0 Å². The molecule has 0 unspecified atom stereocenters. The molecule has 1 aliphatic carbocycles. The lowest BCUT2D eigenvalue weighted by Gasteiger charge is -2.34. The SMILES string of the molecule is NC1(c2cn3ccccc3n2)CCC(O)CC1. The van der Waals surface area contributed by atoms with Crippen molar-refractivity contribution >= 4 is 5.65 Å². The Hall–Kier alpha value is -1.39. The molecule has 0 amide bonds. The van der Waals surface area contributed by atoms with Gasteiger partial charge in [-0.1, -0.05) is 6.07 Å². The van der Waals surface area contributed by atoms with E-state index in [9.17, 15) is 5.11 Å². The second-order valence-electron chi connectivity index (χ2n) is 4.98. The van der Waals surface area contributed by atoms with E-state index in [2.05, 4.69) is 4.98 Å². The van der Waals surface area contributed by atoms with Crippen molar-refractivity contribution in [2.75, 3.05) is 0 Å². The van der Waals surface area contributed by atoms with Crippen molar-refractivity contribution < 1.29 is 5.11 Å². The Morgan fingerprint density at radius 1 is 1.35 bits per heavy atom. The molecule has 4 heteroatoms. The summed E-state index contributed by atoms with van der Waals surface area (Å²) in [5, 5.41) is 9.55. The molecule has 1 aliphatic rings. The summed E-state index contributed by atoms with van der Waals surface area (Å²) in [5.41, 5.74) is 7.92. The summed E-state index contributed by atoms with van der Waals surface area (Å²) in [4.78, 5) is 4.59. The highest BCUT2D eigenvalue weighted by atomic mass is 16.3. The number of hydrogen-bond donors (Lipinski definition) is 2. The number of nitrogens with zero attached hydrogens (tertiary/aromatic N) is 2. The molecule has 0 aromatic carbocycles. The fraction of sp³-hybridized carbons (Fsp3) is 0.462. The minimum Gasteiger partial charge on any atom is -0.393 e. The van der Waals surface area contributed by atoms with Crippen LogP contribution >= 0.6 is 0 Å². The average Bonchev–Trinajstić information content (AvgIpc) is 2.77. The number of rotatable bonds is 1. The number of fused-ring (bicyclic) bond motifs is 1. The van der Waals surface area contributed by atoms with Crippen LogP contribution in [0.25, 0.3) is 5.65 Å². The summed E-state index contributed by atoms with van der Waals surface area (Å²) < 4.78 is 2.00. The molecule has 0 spiro atoms. The van der Waals surface area contributed by atoms with Gasteiger partial charge >= 0.3 is 0 Å². The first-order chi connectivity index (χ1) is 8.17. The van der Waals surface area contributed by atoms with Crippen molar-refractivity contribution in [1.29, 1.82) is 0 Å². The van der Waals surface area contributed by atoms with Gasteiger partial charge in [-0.05, 0) is 37.8 Å².